The van der Waals surface area contributed by atoms with Crippen LogP contribution in [-0.2, 0) is 9.59 Å². The lowest BCUT2D eigenvalue weighted by molar-refractivity contribution is -0.125. The molecule has 0 aromatic rings. The molecule has 0 saturated carbocycles. The zero-order valence-electron chi connectivity index (χ0n) is 10.8. The van der Waals surface area contributed by atoms with E-state index >= 15 is 0 Å². The Balaban J connectivity index is 1.61. The van der Waals surface area contributed by atoms with E-state index in [2.05, 4.69) is 16.0 Å². The minimum Gasteiger partial charge on any atom is -0.354 e. The van der Waals surface area contributed by atoms with E-state index in [0.29, 0.717) is 25.3 Å². The summed E-state index contributed by atoms with van der Waals surface area (Å²) >= 11 is 0. The van der Waals surface area contributed by atoms with E-state index in [1.807, 2.05) is 0 Å². The number of amides is 2. The highest BCUT2D eigenvalue weighted by atomic mass is 16.2. The van der Waals surface area contributed by atoms with Crippen LogP contribution in [0.25, 0.3) is 0 Å². The first kappa shape index (κ1) is 13.3. The molecule has 2 amide bonds. The molecule has 5 heteroatoms. The smallest absolute Gasteiger partial charge is 0.220 e. The third kappa shape index (κ3) is 4.29. The zero-order valence-corrected chi connectivity index (χ0v) is 10.8. The van der Waals surface area contributed by atoms with E-state index in [1.54, 1.807) is 0 Å². The maximum atomic E-state index is 11.8. The summed E-state index contributed by atoms with van der Waals surface area (Å²) in [6, 6.07) is 0.125. The Labute approximate surface area is 108 Å². The van der Waals surface area contributed by atoms with Crippen molar-refractivity contribution in [1.29, 1.82) is 0 Å². The molecule has 2 heterocycles. The maximum absolute atomic E-state index is 11.8. The second kappa shape index (κ2) is 6.73. The van der Waals surface area contributed by atoms with Crippen LogP contribution in [0, 0.1) is 5.92 Å². The van der Waals surface area contributed by atoms with E-state index in [-0.39, 0.29) is 17.9 Å². The van der Waals surface area contributed by atoms with Gasteiger partial charge in [-0.05, 0) is 44.7 Å². The van der Waals surface area contributed by atoms with Crippen molar-refractivity contribution in [3.05, 3.63) is 0 Å². The number of rotatable bonds is 4. The Morgan fingerprint density at radius 2 is 2.22 bits per heavy atom. The topological polar surface area (TPSA) is 70.2 Å². The molecule has 0 aromatic heterocycles. The normalized spacial score (nSPS) is 28.6. The average Bonchev–Trinajstić information content (AvgIpc) is 2.40. The van der Waals surface area contributed by atoms with Gasteiger partial charge in [0.1, 0.15) is 0 Å². The summed E-state index contributed by atoms with van der Waals surface area (Å²) < 4.78 is 0. The Kier molecular flexibility index (Phi) is 4.99. The number of carbonyl (C=O) groups is 2. The number of piperidine rings is 2. The fourth-order valence-corrected chi connectivity index (χ4v) is 2.66. The second-order valence-electron chi connectivity index (χ2n) is 5.36. The van der Waals surface area contributed by atoms with Crippen molar-refractivity contribution < 1.29 is 9.59 Å². The summed E-state index contributed by atoms with van der Waals surface area (Å²) in [5.74, 6) is 0.867. The van der Waals surface area contributed by atoms with Crippen LogP contribution in [0.4, 0.5) is 0 Å². The van der Waals surface area contributed by atoms with Gasteiger partial charge in [-0.2, -0.15) is 0 Å². The highest BCUT2D eigenvalue weighted by molar-refractivity contribution is 5.78. The van der Waals surface area contributed by atoms with Crippen molar-refractivity contribution in [3.63, 3.8) is 0 Å². The summed E-state index contributed by atoms with van der Waals surface area (Å²) in [7, 11) is 0. The molecule has 0 aromatic carbocycles. The van der Waals surface area contributed by atoms with E-state index in [0.717, 1.165) is 25.9 Å². The number of hydrogen-bond acceptors (Lipinski definition) is 3. The van der Waals surface area contributed by atoms with Gasteiger partial charge in [-0.25, -0.2) is 0 Å². The van der Waals surface area contributed by atoms with Crippen LogP contribution in [0.2, 0.25) is 0 Å². The molecule has 0 bridgehead atoms. The lowest BCUT2D eigenvalue weighted by Gasteiger charge is -2.25. The number of hydrogen-bond donors (Lipinski definition) is 3. The fourth-order valence-electron chi connectivity index (χ4n) is 2.66. The predicted molar refractivity (Wildman–Crippen MR) is 69.0 cm³/mol. The van der Waals surface area contributed by atoms with Gasteiger partial charge < -0.3 is 16.0 Å². The largest absolute Gasteiger partial charge is 0.354 e. The van der Waals surface area contributed by atoms with Crippen LogP contribution in [0.1, 0.15) is 38.5 Å². The summed E-state index contributed by atoms with van der Waals surface area (Å²) in [6.45, 7) is 2.74. The van der Waals surface area contributed by atoms with Gasteiger partial charge in [-0.1, -0.05) is 0 Å². The molecule has 3 N–H and O–H groups in total. The molecule has 2 atom stereocenters. The van der Waals surface area contributed by atoms with E-state index < -0.39 is 0 Å². The van der Waals surface area contributed by atoms with Crippen LogP contribution < -0.4 is 16.0 Å². The van der Waals surface area contributed by atoms with Gasteiger partial charge in [0.2, 0.25) is 11.8 Å². The molecule has 0 spiro atoms. The monoisotopic (exact) mass is 253 g/mol. The van der Waals surface area contributed by atoms with Crippen LogP contribution in [0.5, 0.6) is 0 Å². The molecule has 2 rings (SSSR count). The third-order valence-electron chi connectivity index (χ3n) is 3.81. The molecule has 0 radical (unpaired) electrons. The van der Waals surface area contributed by atoms with Gasteiger partial charge in [-0.3, -0.25) is 9.59 Å². The predicted octanol–water partition coefficient (Wildman–Crippen LogP) is 0.161. The minimum absolute atomic E-state index is 0.0915. The minimum atomic E-state index is 0.0915. The molecule has 2 unspecified atom stereocenters. The SMILES string of the molecule is O=C1CCC(NC(=O)CCC2CCCNC2)CN1. The molecule has 5 nitrogen and oxygen atoms in total. The van der Waals surface area contributed by atoms with Gasteiger partial charge in [-0.15, -0.1) is 0 Å². The Morgan fingerprint density at radius 3 is 2.89 bits per heavy atom. The molecule has 2 aliphatic heterocycles. The van der Waals surface area contributed by atoms with Crippen LogP contribution in [0.15, 0.2) is 0 Å². The van der Waals surface area contributed by atoms with E-state index in [4.69, 9.17) is 0 Å². The van der Waals surface area contributed by atoms with Crippen molar-refractivity contribution in [3.8, 4) is 0 Å². The van der Waals surface area contributed by atoms with Crippen molar-refractivity contribution >= 4 is 11.8 Å². The quantitative estimate of drug-likeness (QED) is 0.668. The van der Waals surface area contributed by atoms with Gasteiger partial charge in [0.05, 0.1) is 0 Å². The molecule has 2 saturated heterocycles. The molecule has 102 valence electrons. The van der Waals surface area contributed by atoms with Crippen molar-refractivity contribution in [2.24, 2.45) is 5.92 Å². The standard InChI is InChI=1S/C13H23N3O2/c17-12-6-4-11(9-15-12)16-13(18)5-3-10-2-1-7-14-8-10/h10-11,14H,1-9H2,(H,15,17)(H,16,18). The first-order valence-corrected chi connectivity index (χ1v) is 7.01. The van der Waals surface area contributed by atoms with Gasteiger partial charge >= 0.3 is 0 Å². The highest BCUT2D eigenvalue weighted by Crippen LogP contribution is 2.15. The number of carbonyl (C=O) groups excluding carboxylic acids is 2. The van der Waals surface area contributed by atoms with Gasteiger partial charge in [0.25, 0.3) is 0 Å². The zero-order chi connectivity index (χ0) is 12.8. The lowest BCUT2D eigenvalue weighted by atomic mass is 9.94. The first-order valence-electron chi connectivity index (χ1n) is 7.01. The van der Waals surface area contributed by atoms with E-state index in [9.17, 15) is 9.59 Å². The molecule has 18 heavy (non-hydrogen) atoms. The van der Waals surface area contributed by atoms with Crippen LogP contribution in [0.3, 0.4) is 0 Å². The van der Waals surface area contributed by atoms with Crippen molar-refractivity contribution in [1.82, 2.24) is 16.0 Å². The Bertz CT molecular complexity index is 291. The van der Waals surface area contributed by atoms with Crippen molar-refractivity contribution in [2.75, 3.05) is 19.6 Å². The summed E-state index contributed by atoms with van der Waals surface area (Å²) in [5.41, 5.74) is 0. The van der Waals surface area contributed by atoms with Crippen LogP contribution >= 0.6 is 0 Å². The molecular formula is C13H23N3O2. The van der Waals surface area contributed by atoms with E-state index in [1.165, 1.54) is 12.8 Å². The average molecular weight is 253 g/mol. The highest BCUT2D eigenvalue weighted by Gasteiger charge is 2.20. The Hall–Kier alpha value is -1.10. The fraction of sp³-hybridized carbons (Fsp3) is 0.846. The summed E-state index contributed by atoms with van der Waals surface area (Å²) in [6.07, 6.45) is 5.33. The summed E-state index contributed by atoms with van der Waals surface area (Å²) in [5, 5.41) is 9.15. The maximum Gasteiger partial charge on any atom is 0.220 e. The third-order valence-corrected chi connectivity index (χ3v) is 3.81. The Morgan fingerprint density at radius 1 is 1.33 bits per heavy atom. The van der Waals surface area contributed by atoms with Crippen LogP contribution in [-0.4, -0.2) is 37.5 Å². The summed E-state index contributed by atoms with van der Waals surface area (Å²) in [4.78, 5) is 22.8. The first-order chi connectivity index (χ1) is 8.74. The molecule has 0 aliphatic carbocycles. The number of nitrogens with one attached hydrogen (secondary N) is 3. The lowest BCUT2D eigenvalue weighted by Crippen LogP contribution is -2.47. The van der Waals surface area contributed by atoms with Crippen molar-refractivity contribution in [2.45, 2.75) is 44.6 Å². The second-order valence-corrected chi connectivity index (χ2v) is 5.36. The molecule has 2 fully saturated rings. The molecule has 2 aliphatic rings. The molecular weight excluding hydrogens is 230 g/mol. The van der Waals surface area contributed by atoms with Gasteiger partial charge in [0, 0.05) is 25.4 Å². The van der Waals surface area contributed by atoms with Gasteiger partial charge in [0.15, 0.2) is 0 Å².